The highest BCUT2D eigenvalue weighted by Gasteiger charge is 2.25. The molecular weight excluding hydrogens is 234 g/mol. The van der Waals surface area contributed by atoms with Crippen LogP contribution in [0.4, 0.5) is 0 Å². The number of benzene rings is 1. The standard InChI is InChI=1S/C13H17NO2S/c15-9-11(10-5-2-1-3-6-10)14-13(16)12-7-4-8-17-12/h1-3,5-6,11-12,15H,4,7-9H2,(H,14,16). The maximum absolute atomic E-state index is 11.9. The Bertz CT molecular complexity index is 363. The van der Waals surface area contributed by atoms with Crippen molar-refractivity contribution >= 4 is 17.7 Å². The van der Waals surface area contributed by atoms with Crippen molar-refractivity contribution in [2.45, 2.75) is 24.1 Å². The van der Waals surface area contributed by atoms with E-state index in [0.29, 0.717) is 0 Å². The van der Waals surface area contributed by atoms with Crippen LogP contribution in [0.25, 0.3) is 0 Å². The minimum absolute atomic E-state index is 0.0513. The first-order valence-corrected chi connectivity index (χ1v) is 6.94. The second kappa shape index (κ2) is 6.07. The molecule has 0 aromatic heterocycles. The Morgan fingerprint density at radius 2 is 2.24 bits per heavy atom. The number of rotatable bonds is 4. The first-order valence-electron chi connectivity index (χ1n) is 5.89. The zero-order valence-corrected chi connectivity index (χ0v) is 10.5. The highest BCUT2D eigenvalue weighted by atomic mass is 32.2. The van der Waals surface area contributed by atoms with E-state index in [9.17, 15) is 9.90 Å². The molecule has 1 fully saturated rings. The fourth-order valence-corrected chi connectivity index (χ4v) is 3.14. The lowest BCUT2D eigenvalue weighted by Gasteiger charge is -2.18. The second-order valence-corrected chi connectivity index (χ2v) is 5.47. The molecule has 4 heteroatoms. The molecule has 0 saturated carbocycles. The third kappa shape index (κ3) is 3.23. The molecule has 1 heterocycles. The summed E-state index contributed by atoms with van der Waals surface area (Å²) >= 11 is 1.70. The molecule has 1 saturated heterocycles. The topological polar surface area (TPSA) is 49.3 Å². The first-order chi connectivity index (χ1) is 8.31. The van der Waals surface area contributed by atoms with Crippen molar-refractivity contribution in [2.75, 3.05) is 12.4 Å². The third-order valence-corrected chi connectivity index (χ3v) is 4.30. The van der Waals surface area contributed by atoms with Crippen molar-refractivity contribution < 1.29 is 9.90 Å². The van der Waals surface area contributed by atoms with Gasteiger partial charge in [-0.3, -0.25) is 4.79 Å². The Balaban J connectivity index is 1.97. The maximum atomic E-state index is 11.9. The van der Waals surface area contributed by atoms with Crippen LogP contribution in [0.2, 0.25) is 0 Å². The monoisotopic (exact) mass is 251 g/mol. The number of carbonyl (C=O) groups is 1. The van der Waals surface area contributed by atoms with Crippen molar-refractivity contribution in [3.05, 3.63) is 35.9 Å². The molecular formula is C13H17NO2S. The van der Waals surface area contributed by atoms with Gasteiger partial charge in [-0.2, -0.15) is 0 Å². The lowest BCUT2D eigenvalue weighted by molar-refractivity contribution is -0.121. The molecule has 1 aliphatic rings. The van der Waals surface area contributed by atoms with Crippen LogP contribution in [-0.4, -0.2) is 28.6 Å². The van der Waals surface area contributed by atoms with E-state index in [4.69, 9.17) is 0 Å². The molecule has 1 aromatic rings. The van der Waals surface area contributed by atoms with E-state index in [1.165, 1.54) is 0 Å². The second-order valence-electron chi connectivity index (χ2n) is 4.16. The summed E-state index contributed by atoms with van der Waals surface area (Å²) in [5.74, 6) is 1.11. The van der Waals surface area contributed by atoms with Gasteiger partial charge in [0.2, 0.25) is 5.91 Å². The van der Waals surface area contributed by atoms with Crippen LogP contribution in [-0.2, 0) is 4.79 Å². The van der Waals surface area contributed by atoms with E-state index in [1.807, 2.05) is 30.3 Å². The zero-order valence-electron chi connectivity index (χ0n) is 9.63. The summed E-state index contributed by atoms with van der Waals surface area (Å²) in [6.07, 6.45) is 2.06. The Kier molecular flexibility index (Phi) is 4.45. The summed E-state index contributed by atoms with van der Waals surface area (Å²) in [7, 11) is 0. The number of thioether (sulfide) groups is 1. The summed E-state index contributed by atoms with van der Waals surface area (Å²) < 4.78 is 0. The predicted octanol–water partition coefficient (Wildman–Crippen LogP) is 1.73. The lowest BCUT2D eigenvalue weighted by atomic mass is 10.1. The largest absolute Gasteiger partial charge is 0.394 e. The van der Waals surface area contributed by atoms with E-state index in [2.05, 4.69) is 5.32 Å². The first kappa shape index (κ1) is 12.5. The number of hydrogen-bond donors (Lipinski definition) is 2. The maximum Gasteiger partial charge on any atom is 0.233 e. The van der Waals surface area contributed by atoms with Crippen molar-refractivity contribution in [3.63, 3.8) is 0 Å². The van der Waals surface area contributed by atoms with Crippen LogP contribution >= 0.6 is 11.8 Å². The van der Waals surface area contributed by atoms with E-state index in [-0.39, 0.29) is 23.8 Å². The van der Waals surface area contributed by atoms with Crippen molar-refractivity contribution in [3.8, 4) is 0 Å². The molecule has 0 aliphatic carbocycles. The molecule has 0 bridgehead atoms. The van der Waals surface area contributed by atoms with Gasteiger partial charge in [0.05, 0.1) is 17.9 Å². The Morgan fingerprint density at radius 3 is 2.82 bits per heavy atom. The highest BCUT2D eigenvalue weighted by Crippen LogP contribution is 2.26. The molecule has 2 atom stereocenters. The third-order valence-electron chi connectivity index (χ3n) is 2.92. The van der Waals surface area contributed by atoms with Gasteiger partial charge < -0.3 is 10.4 Å². The number of carbonyl (C=O) groups excluding carboxylic acids is 1. The Labute approximate surface area is 106 Å². The molecule has 2 rings (SSSR count). The minimum atomic E-state index is -0.287. The average molecular weight is 251 g/mol. The van der Waals surface area contributed by atoms with Crippen molar-refractivity contribution in [2.24, 2.45) is 0 Å². The van der Waals surface area contributed by atoms with Gasteiger partial charge in [0.25, 0.3) is 0 Å². The number of amides is 1. The van der Waals surface area contributed by atoms with Gasteiger partial charge in [-0.1, -0.05) is 30.3 Å². The van der Waals surface area contributed by atoms with Gasteiger partial charge in [-0.05, 0) is 24.2 Å². The molecule has 2 N–H and O–H groups in total. The van der Waals surface area contributed by atoms with Gasteiger partial charge in [0.15, 0.2) is 0 Å². The summed E-state index contributed by atoms with van der Waals surface area (Å²) in [5.41, 5.74) is 0.950. The summed E-state index contributed by atoms with van der Waals surface area (Å²) in [6.45, 7) is -0.0624. The molecule has 2 unspecified atom stereocenters. The predicted molar refractivity (Wildman–Crippen MR) is 69.9 cm³/mol. The fraction of sp³-hybridized carbons (Fsp3) is 0.462. The number of aliphatic hydroxyl groups excluding tert-OH is 1. The van der Waals surface area contributed by atoms with Crippen molar-refractivity contribution in [1.29, 1.82) is 0 Å². The smallest absolute Gasteiger partial charge is 0.233 e. The molecule has 1 aliphatic heterocycles. The minimum Gasteiger partial charge on any atom is -0.394 e. The van der Waals surface area contributed by atoms with E-state index in [1.54, 1.807) is 11.8 Å². The SMILES string of the molecule is O=C(NC(CO)c1ccccc1)C1CCCS1. The van der Waals surface area contributed by atoms with Crippen molar-refractivity contribution in [1.82, 2.24) is 5.32 Å². The quantitative estimate of drug-likeness (QED) is 0.857. The van der Waals surface area contributed by atoms with Gasteiger partial charge >= 0.3 is 0 Å². The Morgan fingerprint density at radius 1 is 1.47 bits per heavy atom. The van der Waals surface area contributed by atoms with E-state index >= 15 is 0 Å². The van der Waals surface area contributed by atoms with E-state index < -0.39 is 0 Å². The number of nitrogens with one attached hydrogen (secondary N) is 1. The summed E-state index contributed by atoms with van der Waals surface area (Å²) in [4.78, 5) is 11.9. The fourth-order valence-electron chi connectivity index (χ4n) is 1.97. The van der Waals surface area contributed by atoms with E-state index in [0.717, 1.165) is 24.2 Å². The molecule has 1 aromatic carbocycles. The molecule has 17 heavy (non-hydrogen) atoms. The zero-order chi connectivity index (χ0) is 12.1. The highest BCUT2D eigenvalue weighted by molar-refractivity contribution is 8.00. The van der Waals surface area contributed by atoms with Crippen LogP contribution < -0.4 is 5.32 Å². The average Bonchev–Trinajstić information content (AvgIpc) is 2.90. The summed E-state index contributed by atoms with van der Waals surface area (Å²) in [6, 6.07) is 9.30. The van der Waals surface area contributed by atoms with Crippen LogP contribution in [0.3, 0.4) is 0 Å². The number of hydrogen-bond acceptors (Lipinski definition) is 3. The van der Waals surface area contributed by atoms with Crippen LogP contribution in [0, 0.1) is 0 Å². The number of aliphatic hydroxyl groups is 1. The molecule has 1 amide bonds. The normalized spacial score (nSPS) is 21.1. The molecule has 0 radical (unpaired) electrons. The molecule has 3 nitrogen and oxygen atoms in total. The Hall–Kier alpha value is -1.00. The van der Waals surface area contributed by atoms with Gasteiger partial charge in [-0.15, -0.1) is 11.8 Å². The van der Waals surface area contributed by atoms with Gasteiger partial charge in [0, 0.05) is 0 Å². The summed E-state index contributed by atoms with van der Waals surface area (Å²) in [5, 5.41) is 12.3. The molecule has 0 spiro atoms. The van der Waals surface area contributed by atoms with Crippen LogP contribution in [0.15, 0.2) is 30.3 Å². The van der Waals surface area contributed by atoms with Gasteiger partial charge in [-0.25, -0.2) is 0 Å². The van der Waals surface area contributed by atoms with Crippen LogP contribution in [0.1, 0.15) is 24.4 Å². The van der Waals surface area contributed by atoms with Crippen LogP contribution in [0.5, 0.6) is 0 Å². The van der Waals surface area contributed by atoms with Gasteiger partial charge in [0.1, 0.15) is 0 Å². The molecule has 92 valence electrons. The lowest BCUT2D eigenvalue weighted by Crippen LogP contribution is -2.36.